The molecule has 0 radical (unpaired) electrons. The Morgan fingerprint density at radius 2 is 1.95 bits per heavy atom. The van der Waals surface area contributed by atoms with E-state index in [1.54, 1.807) is 0 Å². The standard InChI is InChI=1S/C13H14F3N3O/c1-5-10(13(14,15)16)8(6(2)17)4-9-11(5)18-7(3)19-12(9)20/h4,6H,17H2,1-3H3,(H,18,19,20). The molecule has 108 valence electrons. The zero-order valence-corrected chi connectivity index (χ0v) is 11.2. The lowest BCUT2D eigenvalue weighted by Gasteiger charge is -2.19. The molecule has 1 unspecified atom stereocenters. The first-order valence-corrected chi connectivity index (χ1v) is 5.99. The third kappa shape index (κ3) is 2.29. The van der Waals surface area contributed by atoms with Gasteiger partial charge in [-0.2, -0.15) is 13.2 Å². The zero-order chi connectivity index (χ0) is 15.2. The molecule has 4 nitrogen and oxygen atoms in total. The van der Waals surface area contributed by atoms with E-state index in [0.29, 0.717) is 0 Å². The molecule has 0 spiro atoms. The van der Waals surface area contributed by atoms with Crippen LogP contribution in [0.1, 0.15) is 35.5 Å². The lowest BCUT2D eigenvalue weighted by atomic mass is 9.94. The molecule has 0 fully saturated rings. The third-order valence-electron chi connectivity index (χ3n) is 3.17. The average molecular weight is 285 g/mol. The molecule has 0 aliphatic heterocycles. The number of aromatic nitrogens is 2. The van der Waals surface area contributed by atoms with E-state index in [1.165, 1.54) is 26.8 Å². The van der Waals surface area contributed by atoms with Crippen LogP contribution in [0.2, 0.25) is 0 Å². The van der Waals surface area contributed by atoms with Gasteiger partial charge in [0.15, 0.2) is 0 Å². The van der Waals surface area contributed by atoms with Crippen LogP contribution in [0.15, 0.2) is 10.9 Å². The molecule has 0 amide bonds. The number of benzene rings is 1. The molecule has 7 heteroatoms. The summed E-state index contributed by atoms with van der Waals surface area (Å²) in [6, 6.07) is 0.344. The topological polar surface area (TPSA) is 71.8 Å². The van der Waals surface area contributed by atoms with Gasteiger partial charge in [-0.25, -0.2) is 4.98 Å². The summed E-state index contributed by atoms with van der Waals surface area (Å²) in [5, 5.41) is 0.119. The summed E-state index contributed by atoms with van der Waals surface area (Å²) in [6.07, 6.45) is -4.54. The van der Waals surface area contributed by atoms with Crippen LogP contribution in [0.25, 0.3) is 10.9 Å². The Hall–Kier alpha value is -1.89. The van der Waals surface area contributed by atoms with Gasteiger partial charge < -0.3 is 10.7 Å². The summed E-state index contributed by atoms with van der Waals surface area (Å²) >= 11 is 0. The number of fused-ring (bicyclic) bond motifs is 1. The zero-order valence-electron chi connectivity index (χ0n) is 11.2. The first-order chi connectivity index (χ1) is 9.12. The fraction of sp³-hybridized carbons (Fsp3) is 0.385. The van der Waals surface area contributed by atoms with Crippen molar-refractivity contribution in [3.8, 4) is 0 Å². The summed E-state index contributed by atoms with van der Waals surface area (Å²) in [7, 11) is 0. The minimum absolute atomic E-state index is 0.0583. The molecule has 0 saturated heterocycles. The number of H-pyrrole nitrogens is 1. The van der Waals surface area contributed by atoms with Crippen molar-refractivity contribution in [2.24, 2.45) is 5.73 Å². The lowest BCUT2D eigenvalue weighted by Crippen LogP contribution is -2.20. The number of aromatic amines is 1. The summed E-state index contributed by atoms with van der Waals surface area (Å²) in [4.78, 5) is 18.4. The molecule has 0 saturated carbocycles. The summed E-state index contributed by atoms with van der Waals surface area (Å²) in [5.41, 5.74) is 4.23. The number of hydrogen-bond acceptors (Lipinski definition) is 3. The highest BCUT2D eigenvalue weighted by atomic mass is 19.4. The van der Waals surface area contributed by atoms with Gasteiger partial charge in [0.25, 0.3) is 5.56 Å². The van der Waals surface area contributed by atoms with Crippen LogP contribution >= 0.6 is 0 Å². The van der Waals surface area contributed by atoms with Crippen LogP contribution in [0, 0.1) is 13.8 Å². The molecule has 0 bridgehead atoms. The summed E-state index contributed by atoms with van der Waals surface area (Å²) in [6.45, 7) is 4.28. The van der Waals surface area contributed by atoms with E-state index in [1.807, 2.05) is 0 Å². The molecule has 2 rings (SSSR count). The second-order valence-corrected chi connectivity index (χ2v) is 4.80. The lowest BCUT2D eigenvalue weighted by molar-refractivity contribution is -0.138. The number of halogens is 3. The van der Waals surface area contributed by atoms with Gasteiger partial charge in [-0.3, -0.25) is 4.79 Å². The number of nitrogens with two attached hydrogens (primary N) is 1. The van der Waals surface area contributed by atoms with Gasteiger partial charge in [0.05, 0.1) is 16.5 Å². The Kier molecular flexibility index (Phi) is 3.33. The second kappa shape index (κ2) is 4.59. The van der Waals surface area contributed by atoms with Crippen LogP contribution in [0.4, 0.5) is 13.2 Å². The Bertz CT molecular complexity index is 732. The molecule has 3 N–H and O–H groups in total. The molecular formula is C13H14F3N3O. The van der Waals surface area contributed by atoms with E-state index >= 15 is 0 Å². The van der Waals surface area contributed by atoms with Crippen molar-refractivity contribution in [1.29, 1.82) is 0 Å². The smallest absolute Gasteiger partial charge is 0.324 e. The van der Waals surface area contributed by atoms with Crippen LogP contribution in [-0.2, 0) is 6.18 Å². The van der Waals surface area contributed by atoms with Crippen molar-refractivity contribution < 1.29 is 13.2 Å². The maximum atomic E-state index is 13.2. The molecular weight excluding hydrogens is 271 g/mol. The third-order valence-corrected chi connectivity index (χ3v) is 3.17. The van der Waals surface area contributed by atoms with E-state index in [2.05, 4.69) is 9.97 Å². The monoisotopic (exact) mass is 285 g/mol. The van der Waals surface area contributed by atoms with Crippen molar-refractivity contribution >= 4 is 10.9 Å². The molecule has 0 aliphatic carbocycles. The number of hydrogen-bond donors (Lipinski definition) is 2. The first kappa shape index (κ1) is 14.5. The van der Waals surface area contributed by atoms with E-state index in [0.717, 1.165) is 0 Å². The predicted octanol–water partition coefficient (Wildman–Crippen LogP) is 2.58. The molecule has 1 aromatic carbocycles. The maximum absolute atomic E-state index is 13.2. The normalized spacial score (nSPS) is 13.8. The number of nitrogens with one attached hydrogen (secondary N) is 1. The van der Waals surface area contributed by atoms with E-state index in [4.69, 9.17) is 5.73 Å². The highest BCUT2D eigenvalue weighted by Crippen LogP contribution is 2.38. The quantitative estimate of drug-likeness (QED) is 0.846. The van der Waals surface area contributed by atoms with Gasteiger partial charge in [-0.05, 0) is 38.0 Å². The fourth-order valence-electron chi connectivity index (χ4n) is 2.31. The van der Waals surface area contributed by atoms with E-state index in [9.17, 15) is 18.0 Å². The number of nitrogens with zero attached hydrogens (tertiary/aromatic N) is 1. The van der Waals surface area contributed by atoms with Crippen LogP contribution in [0.3, 0.4) is 0 Å². The fourth-order valence-corrected chi connectivity index (χ4v) is 2.31. The van der Waals surface area contributed by atoms with Crippen molar-refractivity contribution in [2.75, 3.05) is 0 Å². The number of rotatable bonds is 1. The highest BCUT2D eigenvalue weighted by molar-refractivity contribution is 5.83. The van der Waals surface area contributed by atoms with E-state index in [-0.39, 0.29) is 27.9 Å². The van der Waals surface area contributed by atoms with Gasteiger partial charge in [-0.15, -0.1) is 0 Å². The van der Waals surface area contributed by atoms with Crippen molar-refractivity contribution in [3.05, 3.63) is 38.9 Å². The van der Waals surface area contributed by atoms with Crippen molar-refractivity contribution in [1.82, 2.24) is 9.97 Å². The van der Waals surface area contributed by atoms with Crippen LogP contribution < -0.4 is 11.3 Å². The minimum atomic E-state index is -4.54. The van der Waals surface area contributed by atoms with Crippen molar-refractivity contribution in [3.63, 3.8) is 0 Å². The summed E-state index contributed by atoms with van der Waals surface area (Å²) in [5.74, 6) is 0.271. The molecule has 1 heterocycles. The Balaban J connectivity index is 3.02. The SMILES string of the molecule is Cc1nc2c(C)c(C(F)(F)F)c(C(C)N)cc2c(=O)[nH]1. The molecule has 20 heavy (non-hydrogen) atoms. The van der Waals surface area contributed by atoms with Gasteiger partial charge in [0.1, 0.15) is 5.82 Å². The first-order valence-electron chi connectivity index (χ1n) is 5.99. The molecule has 0 aliphatic rings. The van der Waals surface area contributed by atoms with E-state index < -0.39 is 23.3 Å². The summed E-state index contributed by atoms with van der Waals surface area (Å²) < 4.78 is 39.7. The van der Waals surface area contributed by atoms with Gasteiger partial charge in [-0.1, -0.05) is 0 Å². The number of aryl methyl sites for hydroxylation is 2. The minimum Gasteiger partial charge on any atom is -0.324 e. The predicted molar refractivity (Wildman–Crippen MR) is 69.4 cm³/mol. The second-order valence-electron chi connectivity index (χ2n) is 4.80. The van der Waals surface area contributed by atoms with Gasteiger partial charge in [0.2, 0.25) is 0 Å². The largest absolute Gasteiger partial charge is 0.417 e. The Labute approximate surface area is 112 Å². The maximum Gasteiger partial charge on any atom is 0.417 e. The highest BCUT2D eigenvalue weighted by Gasteiger charge is 2.37. The van der Waals surface area contributed by atoms with Gasteiger partial charge >= 0.3 is 6.18 Å². The van der Waals surface area contributed by atoms with Crippen LogP contribution in [0.5, 0.6) is 0 Å². The molecule has 2 aromatic rings. The Morgan fingerprint density at radius 3 is 2.45 bits per heavy atom. The Morgan fingerprint density at radius 1 is 1.35 bits per heavy atom. The van der Waals surface area contributed by atoms with Gasteiger partial charge in [0, 0.05) is 6.04 Å². The van der Waals surface area contributed by atoms with Crippen molar-refractivity contribution in [2.45, 2.75) is 33.0 Å². The number of alkyl halides is 3. The van der Waals surface area contributed by atoms with Crippen LogP contribution in [-0.4, -0.2) is 9.97 Å². The molecule has 1 atom stereocenters. The molecule has 1 aromatic heterocycles. The average Bonchev–Trinajstić information content (AvgIpc) is 2.27.